The Morgan fingerprint density at radius 2 is 2.04 bits per heavy atom. The summed E-state index contributed by atoms with van der Waals surface area (Å²) in [6.45, 7) is 3.59. The fourth-order valence-corrected chi connectivity index (χ4v) is 2.16. The molecule has 0 atom stereocenters. The maximum Gasteiger partial charge on any atom is 0.216 e. The number of guanidine groups is 1. The quantitative estimate of drug-likeness (QED) is 0.293. The van der Waals surface area contributed by atoms with Crippen molar-refractivity contribution in [3.05, 3.63) is 59.9 Å². The van der Waals surface area contributed by atoms with Crippen molar-refractivity contribution in [1.29, 1.82) is 0 Å². The van der Waals surface area contributed by atoms with Gasteiger partial charge in [-0.3, -0.25) is 5.10 Å². The van der Waals surface area contributed by atoms with Crippen molar-refractivity contribution >= 4 is 29.9 Å². The van der Waals surface area contributed by atoms with E-state index in [-0.39, 0.29) is 29.8 Å². The van der Waals surface area contributed by atoms with Gasteiger partial charge in [-0.05, 0) is 36.8 Å². The van der Waals surface area contributed by atoms with E-state index in [0.29, 0.717) is 36.5 Å². The topological polar surface area (TPSA) is 91.1 Å². The van der Waals surface area contributed by atoms with E-state index in [1.807, 2.05) is 6.92 Å². The average Bonchev–Trinajstić information content (AvgIpc) is 3.30. The normalized spacial score (nSPS) is 11.1. The van der Waals surface area contributed by atoms with E-state index in [2.05, 4.69) is 30.8 Å². The summed E-state index contributed by atoms with van der Waals surface area (Å²) in [4.78, 5) is 8.84. The van der Waals surface area contributed by atoms with Crippen molar-refractivity contribution in [1.82, 2.24) is 25.8 Å². The third kappa shape index (κ3) is 5.55. The van der Waals surface area contributed by atoms with Crippen molar-refractivity contribution in [2.24, 2.45) is 4.99 Å². The minimum Gasteiger partial charge on any atom is -0.461 e. The Morgan fingerprint density at radius 1 is 1.23 bits per heavy atom. The van der Waals surface area contributed by atoms with Crippen LogP contribution in [-0.2, 0) is 13.1 Å². The second-order valence-corrected chi connectivity index (χ2v) is 5.26. The van der Waals surface area contributed by atoms with E-state index in [0.717, 1.165) is 12.1 Å². The van der Waals surface area contributed by atoms with E-state index >= 15 is 0 Å². The number of aliphatic imine (C=N–C) groups is 1. The Kier molecular flexibility index (Phi) is 7.57. The summed E-state index contributed by atoms with van der Waals surface area (Å²) >= 11 is 0. The molecule has 0 aliphatic heterocycles. The number of rotatable bonds is 6. The summed E-state index contributed by atoms with van der Waals surface area (Å²) in [6.07, 6.45) is 1.58. The van der Waals surface area contributed by atoms with Crippen LogP contribution in [0.4, 0.5) is 4.39 Å². The van der Waals surface area contributed by atoms with Gasteiger partial charge >= 0.3 is 0 Å². The van der Waals surface area contributed by atoms with Crippen molar-refractivity contribution in [3.63, 3.8) is 0 Å². The molecule has 3 rings (SSSR count). The highest BCUT2D eigenvalue weighted by Gasteiger charge is 2.08. The maximum absolute atomic E-state index is 12.9. The number of halogens is 2. The zero-order valence-corrected chi connectivity index (χ0v) is 16.5. The lowest BCUT2D eigenvalue weighted by Crippen LogP contribution is -2.37. The first-order valence-corrected chi connectivity index (χ1v) is 7.96. The highest BCUT2D eigenvalue weighted by atomic mass is 127. The minimum atomic E-state index is -0.254. The second kappa shape index (κ2) is 9.90. The summed E-state index contributed by atoms with van der Waals surface area (Å²) in [5.74, 6) is 2.17. The number of benzene rings is 1. The van der Waals surface area contributed by atoms with E-state index in [1.54, 1.807) is 30.5 Å². The molecule has 3 N–H and O–H groups in total. The van der Waals surface area contributed by atoms with Gasteiger partial charge in [0.15, 0.2) is 11.7 Å². The highest BCUT2D eigenvalue weighted by molar-refractivity contribution is 14.0. The van der Waals surface area contributed by atoms with Gasteiger partial charge in [0.2, 0.25) is 5.82 Å². The van der Waals surface area contributed by atoms with E-state index in [1.165, 1.54) is 12.1 Å². The summed E-state index contributed by atoms with van der Waals surface area (Å²) in [7, 11) is 0. The van der Waals surface area contributed by atoms with Crippen molar-refractivity contribution < 1.29 is 8.81 Å². The van der Waals surface area contributed by atoms with Crippen LogP contribution in [0, 0.1) is 5.82 Å². The van der Waals surface area contributed by atoms with Crippen LogP contribution in [-0.4, -0.2) is 27.7 Å². The molecule has 0 radical (unpaired) electrons. The fraction of sp³-hybridized carbons (Fsp3) is 0.235. The van der Waals surface area contributed by atoms with Crippen LogP contribution in [0.2, 0.25) is 0 Å². The summed E-state index contributed by atoms with van der Waals surface area (Å²) in [5.41, 5.74) is 0.929. The van der Waals surface area contributed by atoms with Gasteiger partial charge in [0, 0.05) is 6.54 Å². The van der Waals surface area contributed by atoms with Crippen LogP contribution in [0.15, 0.2) is 52.1 Å². The number of furan rings is 1. The van der Waals surface area contributed by atoms with Crippen LogP contribution < -0.4 is 10.6 Å². The lowest BCUT2D eigenvalue weighted by Gasteiger charge is -2.10. The lowest BCUT2D eigenvalue weighted by molar-refractivity contribution is 0.577. The Bertz CT molecular complexity index is 816. The van der Waals surface area contributed by atoms with E-state index in [9.17, 15) is 4.39 Å². The Labute approximate surface area is 167 Å². The molecular formula is C17H20FIN6O. The van der Waals surface area contributed by atoms with Gasteiger partial charge in [-0.25, -0.2) is 14.4 Å². The molecule has 1 aromatic carbocycles. The predicted molar refractivity (Wildman–Crippen MR) is 108 cm³/mol. The third-order valence-corrected chi connectivity index (χ3v) is 3.37. The molecule has 0 aliphatic carbocycles. The molecule has 0 saturated heterocycles. The van der Waals surface area contributed by atoms with Crippen LogP contribution in [0.1, 0.15) is 18.3 Å². The van der Waals surface area contributed by atoms with Crippen molar-refractivity contribution in [3.8, 4) is 11.6 Å². The number of H-pyrrole nitrogens is 1. The van der Waals surface area contributed by atoms with Gasteiger partial charge in [0.25, 0.3) is 0 Å². The molecule has 9 heteroatoms. The molecule has 0 amide bonds. The number of aromatic amines is 1. The molecule has 26 heavy (non-hydrogen) atoms. The number of nitrogens with one attached hydrogen (secondary N) is 3. The van der Waals surface area contributed by atoms with Gasteiger partial charge in [0.1, 0.15) is 11.6 Å². The number of hydrogen-bond donors (Lipinski definition) is 3. The third-order valence-electron chi connectivity index (χ3n) is 3.37. The lowest BCUT2D eigenvalue weighted by atomic mass is 10.2. The van der Waals surface area contributed by atoms with Crippen LogP contribution in [0.5, 0.6) is 0 Å². The van der Waals surface area contributed by atoms with Gasteiger partial charge in [-0.1, -0.05) is 12.1 Å². The molecule has 7 nitrogen and oxygen atoms in total. The molecule has 0 saturated carbocycles. The summed E-state index contributed by atoms with van der Waals surface area (Å²) in [5, 5.41) is 13.3. The van der Waals surface area contributed by atoms with Gasteiger partial charge in [-0.2, -0.15) is 0 Å². The molecule has 0 fully saturated rings. The first kappa shape index (κ1) is 19.9. The molecule has 138 valence electrons. The molecule has 0 bridgehead atoms. The summed E-state index contributed by atoms with van der Waals surface area (Å²) in [6, 6.07) is 9.87. The monoisotopic (exact) mass is 470 g/mol. The second-order valence-electron chi connectivity index (χ2n) is 5.26. The SMILES string of the molecule is CCNC(=NCc1ccc(F)cc1)NCc1nc(-c2ccco2)n[nH]1.I. The standard InChI is InChI=1S/C17H19FN6O.HI/c1-2-19-17(20-10-12-5-7-13(18)8-6-12)21-11-15-22-16(24-23-15)14-4-3-9-25-14;/h3-9H,2,10-11H2,1H3,(H2,19,20,21)(H,22,23,24);1H. The van der Waals surface area contributed by atoms with Gasteiger partial charge in [-0.15, -0.1) is 29.1 Å². The average molecular weight is 470 g/mol. The number of aromatic nitrogens is 3. The largest absolute Gasteiger partial charge is 0.461 e. The minimum absolute atomic E-state index is 0. The predicted octanol–water partition coefficient (Wildman–Crippen LogP) is 3.08. The molecule has 3 aromatic rings. The number of nitrogens with zero attached hydrogens (tertiary/aromatic N) is 3. The molecular weight excluding hydrogens is 450 g/mol. The van der Waals surface area contributed by atoms with Crippen molar-refractivity contribution in [2.45, 2.75) is 20.0 Å². The van der Waals surface area contributed by atoms with E-state index in [4.69, 9.17) is 4.42 Å². The van der Waals surface area contributed by atoms with Gasteiger partial charge < -0.3 is 15.1 Å². The Balaban J connectivity index is 0.00000243. The molecule has 0 aliphatic rings. The fourth-order valence-electron chi connectivity index (χ4n) is 2.16. The molecule has 0 spiro atoms. The van der Waals surface area contributed by atoms with Crippen molar-refractivity contribution in [2.75, 3.05) is 6.54 Å². The number of hydrogen-bond acceptors (Lipinski definition) is 4. The zero-order valence-electron chi connectivity index (χ0n) is 14.2. The van der Waals surface area contributed by atoms with Crippen LogP contribution >= 0.6 is 24.0 Å². The maximum atomic E-state index is 12.9. The molecule has 0 unspecified atom stereocenters. The Hall–Kier alpha value is -2.43. The van der Waals surface area contributed by atoms with Crippen LogP contribution in [0.3, 0.4) is 0 Å². The van der Waals surface area contributed by atoms with Crippen LogP contribution in [0.25, 0.3) is 11.6 Å². The van der Waals surface area contributed by atoms with E-state index < -0.39 is 0 Å². The zero-order chi connectivity index (χ0) is 17.5. The van der Waals surface area contributed by atoms with Gasteiger partial charge in [0.05, 0.1) is 19.4 Å². The first-order valence-electron chi connectivity index (χ1n) is 7.96. The first-order chi connectivity index (χ1) is 12.2. The highest BCUT2D eigenvalue weighted by Crippen LogP contribution is 2.14. The Morgan fingerprint density at radius 3 is 2.73 bits per heavy atom. The smallest absolute Gasteiger partial charge is 0.216 e. The summed E-state index contributed by atoms with van der Waals surface area (Å²) < 4.78 is 18.2. The molecule has 2 aromatic heterocycles. The molecule has 2 heterocycles.